The smallest absolute Gasteiger partial charge is 0.462 e. The Bertz CT molecular complexity index is 1840. The molecular weight excluding hydrogens is 1220 g/mol. The molecule has 0 spiro atoms. The fourth-order valence-corrected chi connectivity index (χ4v) is 12.7. The summed E-state index contributed by atoms with van der Waals surface area (Å²) in [6.45, 7) is 14.2. The zero-order valence-electron chi connectivity index (χ0n) is 60.9. The van der Waals surface area contributed by atoms with E-state index in [9.17, 15) is 43.2 Å². The summed E-state index contributed by atoms with van der Waals surface area (Å²) < 4.78 is 68.5. The van der Waals surface area contributed by atoms with E-state index in [1.54, 1.807) is 0 Å². The van der Waals surface area contributed by atoms with Gasteiger partial charge < -0.3 is 33.8 Å². The molecule has 0 aliphatic carbocycles. The third kappa shape index (κ3) is 65.8. The van der Waals surface area contributed by atoms with Gasteiger partial charge in [-0.1, -0.05) is 319 Å². The van der Waals surface area contributed by atoms with Crippen molar-refractivity contribution in [3.63, 3.8) is 0 Å². The van der Waals surface area contributed by atoms with E-state index in [1.165, 1.54) is 167 Å². The summed E-state index contributed by atoms with van der Waals surface area (Å²) in [6, 6.07) is 0. The van der Waals surface area contributed by atoms with E-state index in [0.29, 0.717) is 25.7 Å². The second-order valence-corrected chi connectivity index (χ2v) is 31.0. The van der Waals surface area contributed by atoms with Crippen LogP contribution in [-0.4, -0.2) is 96.7 Å². The monoisotopic (exact) mass is 1370 g/mol. The molecule has 0 rings (SSSR count). The van der Waals surface area contributed by atoms with Crippen molar-refractivity contribution in [3.8, 4) is 0 Å². The number of phosphoric acid groups is 2. The molecule has 0 aliphatic heterocycles. The number of ether oxygens (including phenoxy) is 4. The highest BCUT2D eigenvalue weighted by atomic mass is 31.2. The molecule has 0 saturated heterocycles. The lowest BCUT2D eigenvalue weighted by Gasteiger charge is -2.21. The lowest BCUT2D eigenvalue weighted by molar-refractivity contribution is -0.161. The van der Waals surface area contributed by atoms with Crippen LogP contribution in [0.25, 0.3) is 0 Å². The summed E-state index contributed by atoms with van der Waals surface area (Å²) in [6.07, 6.45) is 47.1. The molecule has 0 fully saturated rings. The van der Waals surface area contributed by atoms with Crippen LogP contribution in [0.3, 0.4) is 0 Å². The lowest BCUT2D eigenvalue weighted by Crippen LogP contribution is -2.30. The van der Waals surface area contributed by atoms with Crippen molar-refractivity contribution in [3.05, 3.63) is 0 Å². The Kier molecular flexibility index (Phi) is 62.2. The Hall–Kier alpha value is -1.94. The van der Waals surface area contributed by atoms with Crippen molar-refractivity contribution in [2.75, 3.05) is 39.6 Å². The van der Waals surface area contributed by atoms with E-state index < -0.39 is 97.5 Å². The highest BCUT2D eigenvalue weighted by Gasteiger charge is 2.30. The van der Waals surface area contributed by atoms with Gasteiger partial charge in [-0.2, -0.15) is 0 Å². The maximum Gasteiger partial charge on any atom is 0.472 e. The van der Waals surface area contributed by atoms with Gasteiger partial charge in [0.05, 0.1) is 26.4 Å². The van der Waals surface area contributed by atoms with Crippen LogP contribution in [0.4, 0.5) is 0 Å². The summed E-state index contributed by atoms with van der Waals surface area (Å²) in [7, 11) is -9.91. The zero-order valence-corrected chi connectivity index (χ0v) is 62.7. The number of esters is 4. The van der Waals surface area contributed by atoms with Crippen LogP contribution in [0, 0.1) is 23.7 Å². The van der Waals surface area contributed by atoms with Crippen molar-refractivity contribution >= 4 is 39.5 Å². The molecule has 7 atom stereocenters. The fraction of sp³-hybridized carbons (Fsp3) is 0.946. The molecule has 0 radical (unpaired) electrons. The molecule has 17 nitrogen and oxygen atoms in total. The summed E-state index contributed by atoms with van der Waals surface area (Å²) in [5, 5.41) is 10.6. The van der Waals surface area contributed by atoms with Crippen LogP contribution in [-0.2, 0) is 65.4 Å². The summed E-state index contributed by atoms with van der Waals surface area (Å²) in [5.74, 6) is 0.955. The van der Waals surface area contributed by atoms with E-state index in [0.717, 1.165) is 120 Å². The van der Waals surface area contributed by atoms with E-state index in [1.807, 2.05) is 0 Å². The zero-order chi connectivity index (χ0) is 68.9. The molecule has 0 amide bonds. The lowest BCUT2D eigenvalue weighted by atomic mass is 9.99. The molecule has 552 valence electrons. The van der Waals surface area contributed by atoms with Gasteiger partial charge in [-0.3, -0.25) is 37.3 Å². The van der Waals surface area contributed by atoms with Gasteiger partial charge in [-0.25, -0.2) is 9.13 Å². The first-order chi connectivity index (χ1) is 44.7. The summed E-state index contributed by atoms with van der Waals surface area (Å²) >= 11 is 0. The van der Waals surface area contributed by atoms with Crippen molar-refractivity contribution in [1.29, 1.82) is 0 Å². The van der Waals surface area contributed by atoms with Crippen LogP contribution < -0.4 is 0 Å². The molecule has 0 aromatic carbocycles. The minimum Gasteiger partial charge on any atom is -0.462 e. The number of carbonyl (C=O) groups excluding carboxylic acids is 4. The van der Waals surface area contributed by atoms with Gasteiger partial charge in [0.15, 0.2) is 12.2 Å². The normalized spacial score (nSPS) is 14.8. The van der Waals surface area contributed by atoms with Gasteiger partial charge in [0.25, 0.3) is 0 Å². The van der Waals surface area contributed by atoms with Gasteiger partial charge in [-0.05, 0) is 49.4 Å². The fourth-order valence-electron chi connectivity index (χ4n) is 11.1. The second kappa shape index (κ2) is 63.5. The first kappa shape index (κ1) is 91.1. The number of hydrogen-bond donors (Lipinski definition) is 3. The van der Waals surface area contributed by atoms with Crippen LogP contribution in [0.1, 0.15) is 370 Å². The molecule has 0 heterocycles. The minimum atomic E-state index is -4.96. The molecule has 3 N–H and O–H groups in total. The molecule has 0 saturated carbocycles. The standard InChI is InChI=1S/C74H144O17P2/c1-9-66(7)52-44-36-28-22-17-19-23-29-38-46-54-71(76)84-60-69(90-73(78)56-48-40-30-24-15-13-11-12-14-20-26-34-42-50-64(3)4)62-88-92(80,81)86-58-68(75)59-87-93(82,83)89-63-70(61-85-72(77)55-47-39-33-32-37-45-53-67(8)10-2)91-74(79)57-49-41-31-25-18-16-21-27-35-43-51-65(5)6/h64-70,75H,9-63H2,1-8H3,(H,80,81)(H,82,83)/t66?,67?,68-,69-,70-/m1/s1. The van der Waals surface area contributed by atoms with Crippen LogP contribution in [0.5, 0.6) is 0 Å². The molecule has 93 heavy (non-hydrogen) atoms. The molecule has 0 aliphatic rings. The van der Waals surface area contributed by atoms with Gasteiger partial charge in [0, 0.05) is 25.7 Å². The predicted molar refractivity (Wildman–Crippen MR) is 377 cm³/mol. The third-order valence-corrected chi connectivity index (χ3v) is 19.7. The highest BCUT2D eigenvalue weighted by molar-refractivity contribution is 7.47. The Balaban J connectivity index is 5.27. The van der Waals surface area contributed by atoms with Crippen molar-refractivity contribution in [2.45, 2.75) is 388 Å². The average molecular weight is 1370 g/mol. The van der Waals surface area contributed by atoms with Crippen molar-refractivity contribution in [2.24, 2.45) is 23.7 Å². The van der Waals surface area contributed by atoms with E-state index >= 15 is 0 Å². The summed E-state index contributed by atoms with van der Waals surface area (Å²) in [5.41, 5.74) is 0. The molecule has 0 aromatic heterocycles. The predicted octanol–water partition coefficient (Wildman–Crippen LogP) is 21.3. The maximum absolute atomic E-state index is 13.1. The quantitative estimate of drug-likeness (QED) is 0.0222. The number of carbonyl (C=O) groups is 4. The van der Waals surface area contributed by atoms with E-state index in [-0.39, 0.29) is 25.7 Å². The number of unbranched alkanes of at least 4 members (excludes halogenated alkanes) is 35. The molecule has 4 unspecified atom stereocenters. The van der Waals surface area contributed by atoms with Gasteiger partial charge in [0.1, 0.15) is 19.3 Å². The first-order valence-electron chi connectivity index (χ1n) is 38.3. The topological polar surface area (TPSA) is 237 Å². The number of aliphatic hydroxyl groups excluding tert-OH is 1. The average Bonchev–Trinajstić information content (AvgIpc) is 3.04. The number of aliphatic hydroxyl groups is 1. The van der Waals surface area contributed by atoms with Gasteiger partial charge in [-0.15, -0.1) is 0 Å². The van der Waals surface area contributed by atoms with E-state index in [4.69, 9.17) is 37.0 Å². The van der Waals surface area contributed by atoms with E-state index in [2.05, 4.69) is 55.4 Å². The molecule has 0 bridgehead atoms. The Labute approximate surface area is 568 Å². The Morgan fingerprint density at radius 3 is 0.763 bits per heavy atom. The third-order valence-electron chi connectivity index (χ3n) is 17.8. The summed E-state index contributed by atoms with van der Waals surface area (Å²) in [4.78, 5) is 72.7. The molecular formula is C74H144O17P2. The Morgan fingerprint density at radius 2 is 0.516 bits per heavy atom. The first-order valence-corrected chi connectivity index (χ1v) is 41.3. The van der Waals surface area contributed by atoms with Gasteiger partial charge >= 0.3 is 39.5 Å². The molecule has 19 heteroatoms. The minimum absolute atomic E-state index is 0.105. The maximum atomic E-state index is 13.1. The van der Waals surface area contributed by atoms with Crippen LogP contribution in [0.2, 0.25) is 0 Å². The van der Waals surface area contributed by atoms with Crippen LogP contribution in [0.15, 0.2) is 0 Å². The van der Waals surface area contributed by atoms with Crippen molar-refractivity contribution < 1.29 is 80.2 Å². The number of phosphoric ester groups is 2. The second-order valence-electron chi connectivity index (χ2n) is 28.1. The number of rotatable bonds is 71. The van der Waals surface area contributed by atoms with Gasteiger partial charge in [0.2, 0.25) is 0 Å². The SMILES string of the molecule is CCC(C)CCCCCCCCCCCCC(=O)OC[C@H](COP(=O)(O)OC[C@@H](O)COP(=O)(O)OC[C@@H](COC(=O)CCCCCCCCC(C)CC)OC(=O)CCCCCCCCCCCCC(C)C)OC(=O)CCCCCCCCCCCCCCCC(C)C. The largest absolute Gasteiger partial charge is 0.472 e. The molecule has 0 aromatic rings. The number of hydrogen-bond acceptors (Lipinski definition) is 15. The van der Waals surface area contributed by atoms with Crippen LogP contribution >= 0.6 is 15.6 Å². The Morgan fingerprint density at radius 1 is 0.301 bits per heavy atom. The highest BCUT2D eigenvalue weighted by Crippen LogP contribution is 2.45. The van der Waals surface area contributed by atoms with Crippen molar-refractivity contribution in [1.82, 2.24) is 0 Å².